The first kappa shape index (κ1) is 15.5. The van der Waals surface area contributed by atoms with Crippen LogP contribution >= 0.6 is 0 Å². The van der Waals surface area contributed by atoms with Gasteiger partial charge >= 0.3 is 0 Å². The fraction of sp³-hybridized carbons (Fsp3) is 0.667. The van der Waals surface area contributed by atoms with Crippen molar-refractivity contribution in [1.29, 1.82) is 0 Å². The predicted molar refractivity (Wildman–Crippen MR) is 84.7 cm³/mol. The molecule has 1 aromatic rings. The molecule has 2 rings (SSSR count). The van der Waals surface area contributed by atoms with Gasteiger partial charge in [0.05, 0.1) is 6.10 Å². The van der Waals surface area contributed by atoms with Crippen LogP contribution in [-0.4, -0.2) is 29.1 Å². The first-order valence-electron chi connectivity index (χ1n) is 8.23. The minimum absolute atomic E-state index is 0.257. The molecular weight excluding hydrogens is 246 g/mol. The van der Waals surface area contributed by atoms with Crippen LogP contribution in [-0.2, 0) is 0 Å². The third-order valence-electron chi connectivity index (χ3n) is 4.85. The number of nitrogens with zero attached hydrogens (tertiary/aromatic N) is 1. The van der Waals surface area contributed by atoms with Crippen LogP contribution in [0.1, 0.15) is 57.6 Å². The topological polar surface area (TPSA) is 23.5 Å². The number of benzene rings is 1. The number of hydrogen-bond acceptors (Lipinski definition) is 2. The van der Waals surface area contributed by atoms with Crippen molar-refractivity contribution in [2.24, 2.45) is 5.92 Å². The highest BCUT2D eigenvalue weighted by molar-refractivity contribution is 5.18. The Morgan fingerprint density at radius 2 is 1.90 bits per heavy atom. The molecule has 2 heteroatoms. The van der Waals surface area contributed by atoms with E-state index in [1.54, 1.807) is 0 Å². The molecule has 3 unspecified atom stereocenters. The summed E-state index contributed by atoms with van der Waals surface area (Å²) >= 11 is 0. The highest BCUT2D eigenvalue weighted by Crippen LogP contribution is 2.28. The van der Waals surface area contributed by atoms with Gasteiger partial charge in [0, 0.05) is 6.04 Å². The molecule has 0 bridgehead atoms. The minimum atomic E-state index is -0.362. The largest absolute Gasteiger partial charge is 0.387 e. The molecule has 0 saturated carbocycles. The fourth-order valence-electron chi connectivity index (χ4n) is 3.48. The normalized spacial score (nSPS) is 24.1. The molecule has 1 saturated heterocycles. The lowest BCUT2D eigenvalue weighted by atomic mass is 9.97. The molecule has 0 aliphatic carbocycles. The standard InChI is InChI=1S/C18H29NO/c1-3-15-9-8-13-19(14-12-15)17(4-2)18(20)16-10-6-5-7-11-16/h5-7,10-11,15,17-18,20H,3-4,8-9,12-14H2,1-2H3. The van der Waals surface area contributed by atoms with Crippen LogP contribution in [0.15, 0.2) is 30.3 Å². The van der Waals surface area contributed by atoms with E-state index >= 15 is 0 Å². The molecule has 0 aromatic heterocycles. The Balaban J connectivity index is 2.04. The molecule has 3 atom stereocenters. The Kier molecular flexibility index (Phi) is 6.06. The van der Waals surface area contributed by atoms with Gasteiger partial charge in [0.15, 0.2) is 0 Å². The second kappa shape index (κ2) is 7.80. The van der Waals surface area contributed by atoms with Crippen molar-refractivity contribution in [3.05, 3.63) is 35.9 Å². The summed E-state index contributed by atoms with van der Waals surface area (Å²) in [4.78, 5) is 2.52. The summed E-state index contributed by atoms with van der Waals surface area (Å²) in [6.07, 6.45) is 5.86. The Bertz CT molecular complexity index is 378. The third-order valence-corrected chi connectivity index (χ3v) is 4.85. The smallest absolute Gasteiger partial charge is 0.0945 e. The molecule has 20 heavy (non-hydrogen) atoms. The maximum Gasteiger partial charge on any atom is 0.0945 e. The zero-order valence-electron chi connectivity index (χ0n) is 13.0. The van der Waals surface area contributed by atoms with E-state index in [4.69, 9.17) is 0 Å². The Labute approximate surface area is 123 Å². The van der Waals surface area contributed by atoms with Crippen LogP contribution in [0, 0.1) is 5.92 Å². The first-order valence-corrected chi connectivity index (χ1v) is 8.23. The van der Waals surface area contributed by atoms with E-state index in [0.717, 1.165) is 31.0 Å². The quantitative estimate of drug-likeness (QED) is 0.877. The van der Waals surface area contributed by atoms with Gasteiger partial charge in [-0.3, -0.25) is 4.90 Å². The molecule has 2 nitrogen and oxygen atoms in total. The number of rotatable bonds is 5. The molecule has 0 amide bonds. The highest BCUT2D eigenvalue weighted by atomic mass is 16.3. The van der Waals surface area contributed by atoms with E-state index < -0.39 is 0 Å². The van der Waals surface area contributed by atoms with E-state index in [-0.39, 0.29) is 12.1 Å². The van der Waals surface area contributed by atoms with Crippen LogP contribution in [0.5, 0.6) is 0 Å². The van der Waals surface area contributed by atoms with Gasteiger partial charge < -0.3 is 5.11 Å². The zero-order chi connectivity index (χ0) is 14.4. The van der Waals surface area contributed by atoms with Crippen molar-refractivity contribution in [2.45, 2.75) is 58.1 Å². The van der Waals surface area contributed by atoms with Gasteiger partial charge in [-0.2, -0.15) is 0 Å². The lowest BCUT2D eigenvalue weighted by Crippen LogP contribution is -2.40. The van der Waals surface area contributed by atoms with Crippen LogP contribution in [0.2, 0.25) is 0 Å². The predicted octanol–water partition coefficient (Wildman–Crippen LogP) is 4.01. The van der Waals surface area contributed by atoms with E-state index in [1.807, 2.05) is 30.3 Å². The van der Waals surface area contributed by atoms with Crippen LogP contribution in [0.25, 0.3) is 0 Å². The minimum Gasteiger partial charge on any atom is -0.387 e. The van der Waals surface area contributed by atoms with E-state index in [9.17, 15) is 5.11 Å². The van der Waals surface area contributed by atoms with Gasteiger partial charge in [-0.1, -0.05) is 50.6 Å². The van der Waals surface area contributed by atoms with Crippen molar-refractivity contribution in [1.82, 2.24) is 4.90 Å². The third kappa shape index (κ3) is 3.83. The molecule has 0 radical (unpaired) electrons. The second-order valence-electron chi connectivity index (χ2n) is 6.07. The Morgan fingerprint density at radius 3 is 2.55 bits per heavy atom. The molecule has 1 N–H and O–H groups in total. The Morgan fingerprint density at radius 1 is 1.15 bits per heavy atom. The fourth-order valence-corrected chi connectivity index (χ4v) is 3.48. The summed E-state index contributed by atoms with van der Waals surface area (Å²) in [7, 11) is 0. The first-order chi connectivity index (χ1) is 9.76. The molecule has 1 heterocycles. The van der Waals surface area contributed by atoms with E-state index in [1.165, 1.54) is 25.7 Å². The second-order valence-corrected chi connectivity index (χ2v) is 6.07. The van der Waals surface area contributed by atoms with Gasteiger partial charge in [-0.15, -0.1) is 0 Å². The summed E-state index contributed by atoms with van der Waals surface area (Å²) < 4.78 is 0. The lowest BCUT2D eigenvalue weighted by Gasteiger charge is -2.33. The number of aliphatic hydroxyl groups excluding tert-OH is 1. The van der Waals surface area contributed by atoms with E-state index in [2.05, 4.69) is 18.7 Å². The van der Waals surface area contributed by atoms with E-state index in [0.29, 0.717) is 0 Å². The molecular formula is C18H29NO. The Hall–Kier alpha value is -0.860. The van der Waals surface area contributed by atoms with Crippen molar-refractivity contribution in [2.75, 3.05) is 13.1 Å². The molecule has 0 spiro atoms. The highest BCUT2D eigenvalue weighted by Gasteiger charge is 2.27. The van der Waals surface area contributed by atoms with Crippen LogP contribution < -0.4 is 0 Å². The maximum atomic E-state index is 10.7. The maximum absolute atomic E-state index is 10.7. The lowest BCUT2D eigenvalue weighted by molar-refractivity contribution is 0.0468. The summed E-state index contributed by atoms with van der Waals surface area (Å²) in [6, 6.07) is 10.4. The summed E-state index contributed by atoms with van der Waals surface area (Å²) in [6.45, 7) is 6.77. The average Bonchev–Trinajstić information content (AvgIpc) is 2.74. The van der Waals surface area contributed by atoms with Gasteiger partial charge in [0.25, 0.3) is 0 Å². The number of aliphatic hydroxyl groups is 1. The monoisotopic (exact) mass is 275 g/mol. The molecule has 1 fully saturated rings. The van der Waals surface area contributed by atoms with Crippen molar-refractivity contribution < 1.29 is 5.11 Å². The van der Waals surface area contributed by atoms with Gasteiger partial charge in [-0.05, 0) is 50.3 Å². The van der Waals surface area contributed by atoms with Gasteiger partial charge in [-0.25, -0.2) is 0 Å². The van der Waals surface area contributed by atoms with Crippen LogP contribution in [0.3, 0.4) is 0 Å². The van der Waals surface area contributed by atoms with Crippen molar-refractivity contribution in [3.8, 4) is 0 Å². The van der Waals surface area contributed by atoms with Crippen LogP contribution in [0.4, 0.5) is 0 Å². The number of likely N-dealkylation sites (tertiary alicyclic amines) is 1. The average molecular weight is 275 g/mol. The van der Waals surface area contributed by atoms with Gasteiger partial charge in [0.2, 0.25) is 0 Å². The SMILES string of the molecule is CCC1CCCN(C(CC)C(O)c2ccccc2)CC1. The van der Waals surface area contributed by atoms with Crippen molar-refractivity contribution >= 4 is 0 Å². The molecule has 1 aromatic carbocycles. The zero-order valence-corrected chi connectivity index (χ0v) is 13.0. The summed E-state index contributed by atoms with van der Waals surface area (Å²) in [5.74, 6) is 0.881. The van der Waals surface area contributed by atoms with Crippen molar-refractivity contribution in [3.63, 3.8) is 0 Å². The molecule has 1 aliphatic heterocycles. The summed E-state index contributed by atoms with van der Waals surface area (Å²) in [5.41, 5.74) is 1.05. The molecule has 112 valence electrons. The summed E-state index contributed by atoms with van der Waals surface area (Å²) in [5, 5.41) is 10.7. The number of hydrogen-bond donors (Lipinski definition) is 1. The molecule has 1 aliphatic rings. The van der Waals surface area contributed by atoms with Gasteiger partial charge in [0.1, 0.15) is 0 Å².